The van der Waals surface area contributed by atoms with E-state index in [-0.39, 0.29) is 37.6 Å². The van der Waals surface area contributed by atoms with Gasteiger partial charge in [0.1, 0.15) is 11.4 Å². The van der Waals surface area contributed by atoms with Crippen LogP contribution in [0.1, 0.15) is 17.0 Å². The van der Waals surface area contributed by atoms with Gasteiger partial charge in [-0.25, -0.2) is 9.59 Å². The normalized spacial score (nSPS) is 15.7. The molecule has 0 aliphatic carbocycles. The average molecular weight is 586 g/mol. The predicted octanol–water partition coefficient (Wildman–Crippen LogP) is 4.67. The van der Waals surface area contributed by atoms with E-state index in [1.54, 1.807) is 36.4 Å². The van der Waals surface area contributed by atoms with Crippen molar-refractivity contribution >= 4 is 88.0 Å². The van der Waals surface area contributed by atoms with E-state index >= 15 is 0 Å². The van der Waals surface area contributed by atoms with Gasteiger partial charge in [0.15, 0.2) is 10.1 Å². The topological polar surface area (TPSA) is 96.7 Å². The van der Waals surface area contributed by atoms with Crippen molar-refractivity contribution in [3.05, 3.63) is 88.8 Å². The van der Waals surface area contributed by atoms with Crippen molar-refractivity contribution in [2.24, 2.45) is 5.73 Å². The molecular formula is C24H16Cl4N2O5S. The summed E-state index contributed by atoms with van der Waals surface area (Å²) in [6, 6.07) is 9.49. The van der Waals surface area contributed by atoms with Gasteiger partial charge >= 0.3 is 11.9 Å². The Morgan fingerprint density at radius 3 is 2.14 bits per heavy atom. The van der Waals surface area contributed by atoms with Gasteiger partial charge in [0.2, 0.25) is 5.55 Å². The first-order chi connectivity index (χ1) is 17.1. The quantitative estimate of drug-likeness (QED) is 0.351. The van der Waals surface area contributed by atoms with E-state index in [4.69, 9.17) is 78.2 Å². The number of methoxy groups -OCH3 is 2. The van der Waals surface area contributed by atoms with E-state index < -0.39 is 17.9 Å². The summed E-state index contributed by atoms with van der Waals surface area (Å²) in [5, 5.41) is 1.33. The molecule has 2 heterocycles. The minimum absolute atomic E-state index is 0.0376. The number of halogens is 4. The number of nitrogens with two attached hydrogens (primary N) is 1. The molecule has 0 radical (unpaired) electrons. The largest absolute Gasteiger partial charge is 0.466 e. The first kappa shape index (κ1) is 26.3. The highest BCUT2D eigenvalue weighted by Gasteiger charge is 2.41. The number of carbonyl (C=O) groups excluding carboxylic acids is 2. The zero-order valence-electron chi connectivity index (χ0n) is 18.6. The van der Waals surface area contributed by atoms with Gasteiger partial charge in [0.05, 0.1) is 25.7 Å². The number of carbonyl (C=O) groups is 2. The average Bonchev–Trinajstić information content (AvgIpc) is 3.15. The number of rotatable bonds is 4. The molecule has 12 heteroatoms. The minimum Gasteiger partial charge on any atom is -0.466 e. The summed E-state index contributed by atoms with van der Waals surface area (Å²) >= 11 is 30.5. The Morgan fingerprint density at radius 1 is 0.972 bits per heavy atom. The molecule has 3 aromatic rings. The fourth-order valence-corrected chi connectivity index (χ4v) is 5.13. The number of fused-ring (bicyclic) bond motifs is 1. The zero-order chi connectivity index (χ0) is 26.3. The Morgan fingerprint density at radius 2 is 1.56 bits per heavy atom. The first-order valence-corrected chi connectivity index (χ1v) is 12.1. The van der Waals surface area contributed by atoms with E-state index in [2.05, 4.69) is 0 Å². The van der Waals surface area contributed by atoms with E-state index in [1.807, 2.05) is 0 Å². The van der Waals surface area contributed by atoms with Gasteiger partial charge in [-0.05, 0) is 41.5 Å². The first-order valence-electron chi connectivity index (χ1n) is 10.1. The lowest BCUT2D eigenvalue weighted by Gasteiger charge is -2.26. The third-order valence-electron chi connectivity index (χ3n) is 5.48. The van der Waals surface area contributed by atoms with Crippen LogP contribution in [0.3, 0.4) is 0 Å². The van der Waals surface area contributed by atoms with E-state index in [1.165, 1.54) is 24.9 Å². The van der Waals surface area contributed by atoms with Crippen LogP contribution < -0.4 is 16.7 Å². The van der Waals surface area contributed by atoms with Crippen LogP contribution >= 0.6 is 58.6 Å². The van der Waals surface area contributed by atoms with Gasteiger partial charge in [-0.15, -0.1) is 0 Å². The maximum absolute atomic E-state index is 13.1. The van der Waals surface area contributed by atoms with Crippen molar-refractivity contribution in [2.45, 2.75) is 5.92 Å². The van der Waals surface area contributed by atoms with E-state index in [0.29, 0.717) is 26.2 Å². The monoisotopic (exact) mass is 584 g/mol. The van der Waals surface area contributed by atoms with Crippen molar-refractivity contribution < 1.29 is 23.5 Å². The highest BCUT2D eigenvalue weighted by atomic mass is 35.5. The highest BCUT2D eigenvalue weighted by molar-refractivity contribution is 7.71. The molecular weight excluding hydrogens is 570 g/mol. The Bertz CT molecular complexity index is 1640. The Kier molecular flexibility index (Phi) is 7.54. The molecule has 1 atom stereocenters. The molecule has 1 aliphatic rings. The summed E-state index contributed by atoms with van der Waals surface area (Å²) in [6.45, 7) is 0. The molecule has 1 aromatic heterocycles. The van der Waals surface area contributed by atoms with Crippen LogP contribution in [0.4, 0.5) is 0 Å². The number of ether oxygens (including phenoxy) is 2. The second-order valence-electron chi connectivity index (χ2n) is 7.52. The van der Waals surface area contributed by atoms with E-state index in [9.17, 15) is 9.59 Å². The molecule has 186 valence electrons. The van der Waals surface area contributed by atoms with Gasteiger partial charge in [0, 0.05) is 20.1 Å². The van der Waals surface area contributed by atoms with Gasteiger partial charge in [-0.1, -0.05) is 70.8 Å². The number of nitrogens with zero attached hydrogens (tertiary/aromatic N) is 1. The van der Waals surface area contributed by atoms with Crippen molar-refractivity contribution in [3.63, 3.8) is 0 Å². The van der Waals surface area contributed by atoms with Gasteiger partial charge in [-0.2, -0.15) is 0 Å². The third kappa shape index (κ3) is 4.55. The lowest BCUT2D eigenvalue weighted by molar-refractivity contribution is -0.136. The number of aromatic nitrogens is 1. The number of hydrogen-bond acceptors (Lipinski definition) is 7. The standard InChI is InChI=1S/C24H16Cl4N2O5S/c1-33-23(31)18-17(13-6-5-12(26)9-15(13)28)19(24(32)34-2)21-30(20(18)29)22(36)16(35-21)7-10-3-4-11(25)8-14(10)27/h3-9,17H,29H2,1-2H3. The molecule has 1 aliphatic heterocycles. The van der Waals surface area contributed by atoms with Crippen LogP contribution in [0.25, 0.3) is 17.5 Å². The molecule has 0 bridgehead atoms. The van der Waals surface area contributed by atoms with E-state index in [0.717, 1.165) is 0 Å². The fraction of sp³-hybridized carbons (Fsp3) is 0.125. The Balaban J connectivity index is 2.15. The number of oxazole rings is 1. The van der Waals surface area contributed by atoms with Crippen LogP contribution in [-0.4, -0.2) is 30.7 Å². The Labute approximate surface area is 229 Å². The van der Waals surface area contributed by atoms with Gasteiger partial charge < -0.3 is 19.6 Å². The summed E-state index contributed by atoms with van der Waals surface area (Å²) < 4.78 is 17.4. The van der Waals surface area contributed by atoms with Crippen LogP contribution in [0.5, 0.6) is 0 Å². The molecule has 0 fully saturated rings. The summed E-state index contributed by atoms with van der Waals surface area (Å²) in [5.41, 5.74) is 7.33. The van der Waals surface area contributed by atoms with Crippen molar-refractivity contribution in [3.8, 4) is 0 Å². The fourth-order valence-electron chi connectivity index (χ4n) is 3.87. The zero-order valence-corrected chi connectivity index (χ0v) is 22.4. The number of hydrogen-bond donors (Lipinski definition) is 1. The number of esters is 2. The summed E-state index contributed by atoms with van der Waals surface area (Å²) in [4.78, 5) is 26.1. The Hall–Kier alpha value is -2.75. The molecule has 2 N–H and O–H groups in total. The predicted molar refractivity (Wildman–Crippen MR) is 141 cm³/mol. The summed E-state index contributed by atoms with van der Waals surface area (Å²) in [7, 11) is 2.38. The summed E-state index contributed by atoms with van der Waals surface area (Å²) in [5.74, 6) is -2.81. The van der Waals surface area contributed by atoms with Crippen LogP contribution in [0, 0.1) is 4.64 Å². The second-order valence-corrected chi connectivity index (χ2v) is 9.59. The molecule has 0 saturated carbocycles. The third-order valence-corrected chi connectivity index (χ3v) is 6.99. The van der Waals surface area contributed by atoms with Crippen molar-refractivity contribution in [2.75, 3.05) is 14.2 Å². The molecule has 0 amide bonds. The highest BCUT2D eigenvalue weighted by Crippen LogP contribution is 2.41. The molecule has 0 saturated heterocycles. The molecule has 4 rings (SSSR count). The molecule has 1 unspecified atom stereocenters. The smallest absolute Gasteiger partial charge is 0.340 e. The van der Waals surface area contributed by atoms with Crippen molar-refractivity contribution in [1.82, 2.24) is 4.57 Å². The van der Waals surface area contributed by atoms with Gasteiger partial charge in [-0.3, -0.25) is 4.57 Å². The maximum atomic E-state index is 13.1. The van der Waals surface area contributed by atoms with Crippen LogP contribution in [0.2, 0.25) is 20.1 Å². The SMILES string of the molecule is COC(=O)C1=C(N)n2c(oc(=Cc3ccc(Cl)cc3Cl)c2=S)=C(C(=O)OC)C1c1ccc(Cl)cc1Cl. The molecule has 7 nitrogen and oxygen atoms in total. The maximum Gasteiger partial charge on any atom is 0.340 e. The van der Waals surface area contributed by atoms with Gasteiger partial charge in [0.25, 0.3) is 0 Å². The second kappa shape index (κ2) is 10.3. The minimum atomic E-state index is -1.11. The van der Waals surface area contributed by atoms with Crippen LogP contribution in [-0.2, 0) is 19.1 Å². The molecule has 36 heavy (non-hydrogen) atoms. The summed E-state index contributed by atoms with van der Waals surface area (Å²) in [6.07, 6.45) is 1.57. The molecule has 0 spiro atoms. The number of benzene rings is 2. The van der Waals surface area contributed by atoms with Crippen LogP contribution in [0.15, 0.2) is 46.4 Å². The lowest BCUT2D eigenvalue weighted by Crippen LogP contribution is -2.37. The lowest BCUT2D eigenvalue weighted by atomic mass is 9.83. The molecule has 2 aromatic carbocycles. The van der Waals surface area contributed by atoms with Crippen molar-refractivity contribution in [1.29, 1.82) is 0 Å².